The van der Waals surface area contributed by atoms with Crippen molar-refractivity contribution in [1.82, 2.24) is 10.2 Å². The number of nitrogens with zero attached hydrogens (tertiary/aromatic N) is 1. The summed E-state index contributed by atoms with van der Waals surface area (Å²) < 4.78 is 13.1. The maximum atomic E-state index is 13.1. The smallest absolute Gasteiger partial charge is 0.303 e. The van der Waals surface area contributed by atoms with Crippen molar-refractivity contribution in [2.75, 3.05) is 6.54 Å². The Kier molecular flexibility index (Phi) is 7.36. The Morgan fingerprint density at radius 1 is 1.10 bits per heavy atom. The number of carboxylic acids is 1. The topological polar surface area (TPSA) is 69.6 Å². The van der Waals surface area contributed by atoms with E-state index in [0.29, 0.717) is 19.4 Å². The summed E-state index contributed by atoms with van der Waals surface area (Å²) in [5, 5.41) is 12.1. The van der Waals surface area contributed by atoms with Crippen LogP contribution in [0, 0.1) is 5.82 Å². The number of hydrogen-bond donors (Lipinski definition) is 2. The van der Waals surface area contributed by atoms with Crippen LogP contribution in [0.15, 0.2) is 54.6 Å². The molecule has 0 aromatic heterocycles. The van der Waals surface area contributed by atoms with Crippen molar-refractivity contribution < 1.29 is 19.1 Å². The highest BCUT2D eigenvalue weighted by Crippen LogP contribution is 2.21. The fraction of sp³-hybridized carbons (Fsp3) is 0.391. The van der Waals surface area contributed by atoms with Crippen molar-refractivity contribution in [2.24, 2.45) is 0 Å². The van der Waals surface area contributed by atoms with E-state index in [0.717, 1.165) is 30.5 Å². The van der Waals surface area contributed by atoms with Gasteiger partial charge in [0, 0.05) is 19.0 Å². The predicted octanol–water partition coefficient (Wildman–Crippen LogP) is 3.38. The van der Waals surface area contributed by atoms with E-state index in [1.165, 1.54) is 12.1 Å². The second-order valence-electron chi connectivity index (χ2n) is 7.58. The van der Waals surface area contributed by atoms with Gasteiger partial charge < -0.3 is 10.4 Å². The Hall–Kier alpha value is -2.73. The first-order valence-corrected chi connectivity index (χ1v) is 10.1. The molecule has 154 valence electrons. The van der Waals surface area contributed by atoms with Crippen LogP contribution >= 0.6 is 0 Å². The molecule has 2 unspecified atom stereocenters. The van der Waals surface area contributed by atoms with E-state index in [2.05, 4.69) is 10.2 Å². The number of carbonyl (C=O) groups is 2. The second-order valence-corrected chi connectivity index (χ2v) is 7.58. The van der Waals surface area contributed by atoms with Gasteiger partial charge in [0.1, 0.15) is 5.82 Å². The number of carboxylic acid groups (broad SMARTS) is 1. The minimum atomic E-state index is -0.865. The summed E-state index contributed by atoms with van der Waals surface area (Å²) in [5.41, 5.74) is 2.04. The summed E-state index contributed by atoms with van der Waals surface area (Å²) in [5.74, 6) is -1.20. The molecule has 3 rings (SSSR count). The molecule has 2 aromatic carbocycles. The molecule has 2 aromatic rings. The zero-order valence-electron chi connectivity index (χ0n) is 16.4. The molecule has 0 radical (unpaired) electrons. The van der Waals surface area contributed by atoms with Gasteiger partial charge in [0.15, 0.2) is 0 Å². The molecule has 0 bridgehead atoms. The molecule has 0 saturated carbocycles. The van der Waals surface area contributed by atoms with Crippen molar-refractivity contribution in [1.29, 1.82) is 0 Å². The van der Waals surface area contributed by atoms with Gasteiger partial charge in [-0.05, 0) is 55.5 Å². The fourth-order valence-corrected chi connectivity index (χ4v) is 3.86. The van der Waals surface area contributed by atoms with Crippen molar-refractivity contribution in [3.63, 3.8) is 0 Å². The molecule has 5 nitrogen and oxygen atoms in total. The quantitative estimate of drug-likeness (QED) is 0.679. The molecule has 1 aliphatic rings. The fourth-order valence-electron chi connectivity index (χ4n) is 3.86. The minimum Gasteiger partial charge on any atom is -0.481 e. The average Bonchev–Trinajstić information content (AvgIpc) is 3.17. The first-order valence-electron chi connectivity index (χ1n) is 10.1. The lowest BCUT2D eigenvalue weighted by Crippen LogP contribution is -2.47. The highest BCUT2D eigenvalue weighted by molar-refractivity contribution is 5.82. The number of halogens is 1. The third-order valence-electron chi connectivity index (χ3n) is 5.34. The van der Waals surface area contributed by atoms with E-state index in [1.807, 2.05) is 30.3 Å². The summed E-state index contributed by atoms with van der Waals surface area (Å²) in [6.07, 6.45) is 2.70. The molecule has 1 fully saturated rings. The number of benzene rings is 2. The van der Waals surface area contributed by atoms with Gasteiger partial charge in [0.25, 0.3) is 0 Å². The van der Waals surface area contributed by atoms with Crippen molar-refractivity contribution >= 4 is 11.9 Å². The molecule has 1 aliphatic heterocycles. The van der Waals surface area contributed by atoms with Crippen LogP contribution in [0.3, 0.4) is 0 Å². The molecule has 1 amide bonds. The van der Waals surface area contributed by atoms with Gasteiger partial charge in [-0.25, -0.2) is 4.39 Å². The summed E-state index contributed by atoms with van der Waals surface area (Å²) in [7, 11) is 0. The number of aliphatic carboxylic acids is 1. The summed E-state index contributed by atoms with van der Waals surface area (Å²) in [6, 6.07) is 15.6. The van der Waals surface area contributed by atoms with E-state index < -0.39 is 5.97 Å². The van der Waals surface area contributed by atoms with Crippen molar-refractivity contribution in [3.8, 4) is 0 Å². The van der Waals surface area contributed by atoms with Crippen LogP contribution in [0.2, 0.25) is 0 Å². The first kappa shape index (κ1) is 21.0. The Balaban J connectivity index is 1.63. The zero-order chi connectivity index (χ0) is 20.6. The monoisotopic (exact) mass is 398 g/mol. The van der Waals surface area contributed by atoms with Crippen LogP contribution in [0.25, 0.3) is 0 Å². The molecule has 0 spiro atoms. The van der Waals surface area contributed by atoms with Crippen LogP contribution in [-0.4, -0.2) is 40.5 Å². The van der Waals surface area contributed by atoms with E-state index >= 15 is 0 Å². The lowest BCUT2D eigenvalue weighted by atomic mass is 10.0. The van der Waals surface area contributed by atoms with Gasteiger partial charge in [-0.2, -0.15) is 0 Å². The second kappa shape index (κ2) is 10.2. The van der Waals surface area contributed by atoms with Crippen LogP contribution in [-0.2, 0) is 22.6 Å². The lowest BCUT2D eigenvalue weighted by molar-refractivity contribution is -0.137. The summed E-state index contributed by atoms with van der Waals surface area (Å²) in [6.45, 7) is 1.41. The van der Waals surface area contributed by atoms with Crippen LogP contribution in [0.1, 0.15) is 36.8 Å². The van der Waals surface area contributed by atoms with Gasteiger partial charge in [-0.15, -0.1) is 0 Å². The van der Waals surface area contributed by atoms with Gasteiger partial charge in [-0.3, -0.25) is 14.5 Å². The van der Waals surface area contributed by atoms with E-state index in [1.54, 1.807) is 12.1 Å². The number of nitrogens with one attached hydrogen (secondary N) is 1. The van der Waals surface area contributed by atoms with E-state index in [4.69, 9.17) is 5.11 Å². The van der Waals surface area contributed by atoms with E-state index in [9.17, 15) is 14.0 Å². The lowest BCUT2D eigenvalue weighted by Gasteiger charge is -2.26. The maximum absolute atomic E-state index is 13.1. The Bertz CT molecular complexity index is 811. The SMILES string of the molecule is O=C(O)CCC(Cc1ccccc1)NC(=O)C1CCCN1Cc1ccc(F)cc1. The molecule has 0 aliphatic carbocycles. The normalized spacial score (nSPS) is 17.8. The number of carbonyl (C=O) groups excluding carboxylic acids is 1. The summed E-state index contributed by atoms with van der Waals surface area (Å²) >= 11 is 0. The Morgan fingerprint density at radius 2 is 1.83 bits per heavy atom. The number of likely N-dealkylation sites (tertiary alicyclic amines) is 1. The van der Waals surface area contributed by atoms with Crippen LogP contribution in [0.5, 0.6) is 0 Å². The molecule has 2 N–H and O–H groups in total. The van der Waals surface area contributed by atoms with Crippen LogP contribution < -0.4 is 5.32 Å². The largest absolute Gasteiger partial charge is 0.481 e. The zero-order valence-corrected chi connectivity index (χ0v) is 16.4. The van der Waals surface area contributed by atoms with Gasteiger partial charge in [0.05, 0.1) is 6.04 Å². The highest BCUT2D eigenvalue weighted by atomic mass is 19.1. The molecular weight excluding hydrogens is 371 g/mol. The molecule has 2 atom stereocenters. The number of hydrogen-bond acceptors (Lipinski definition) is 3. The molecule has 29 heavy (non-hydrogen) atoms. The minimum absolute atomic E-state index is 0.0156. The van der Waals surface area contributed by atoms with Crippen LogP contribution in [0.4, 0.5) is 4.39 Å². The van der Waals surface area contributed by atoms with Crippen molar-refractivity contribution in [3.05, 3.63) is 71.5 Å². The van der Waals surface area contributed by atoms with Gasteiger partial charge >= 0.3 is 5.97 Å². The molecule has 6 heteroatoms. The highest BCUT2D eigenvalue weighted by Gasteiger charge is 2.31. The first-order chi connectivity index (χ1) is 14.0. The molecular formula is C23H27FN2O3. The number of amides is 1. The standard InChI is InChI=1S/C23H27FN2O3/c24-19-10-8-18(9-11-19)16-26-14-4-7-21(26)23(29)25-20(12-13-22(27)28)15-17-5-2-1-3-6-17/h1-3,5-6,8-11,20-21H,4,7,12-16H2,(H,25,29)(H,27,28). The number of rotatable bonds is 9. The van der Waals surface area contributed by atoms with Gasteiger partial charge in [0.2, 0.25) is 5.91 Å². The predicted molar refractivity (Wildman–Crippen MR) is 109 cm³/mol. The van der Waals surface area contributed by atoms with Gasteiger partial charge in [-0.1, -0.05) is 42.5 Å². The van der Waals surface area contributed by atoms with Crippen molar-refractivity contribution in [2.45, 2.75) is 50.7 Å². The molecule has 1 heterocycles. The Labute approximate surface area is 170 Å². The third kappa shape index (κ3) is 6.39. The molecule has 1 saturated heterocycles. The summed E-state index contributed by atoms with van der Waals surface area (Å²) in [4.78, 5) is 26.1. The third-order valence-corrected chi connectivity index (χ3v) is 5.34. The Morgan fingerprint density at radius 3 is 2.52 bits per heavy atom. The van der Waals surface area contributed by atoms with E-state index in [-0.39, 0.29) is 30.2 Å². The average molecular weight is 398 g/mol. The maximum Gasteiger partial charge on any atom is 0.303 e.